The third-order valence-electron chi connectivity index (χ3n) is 5.61. The molecule has 1 saturated heterocycles. The molecule has 1 aromatic heterocycles. The van der Waals surface area contributed by atoms with Crippen LogP contribution < -0.4 is 10.6 Å². The Morgan fingerprint density at radius 3 is 2.79 bits per heavy atom. The maximum Gasteiger partial charge on any atom is 0.252 e. The normalized spacial score (nSPS) is 15.1. The van der Waals surface area contributed by atoms with Gasteiger partial charge in [0.2, 0.25) is 0 Å². The van der Waals surface area contributed by atoms with Gasteiger partial charge in [0.05, 0.1) is 6.07 Å². The zero-order valence-corrected chi connectivity index (χ0v) is 19.1. The molecular formula is C25H25ClN4O3. The number of hydrogen-bond acceptors (Lipinski definition) is 6. The van der Waals surface area contributed by atoms with Gasteiger partial charge in [-0.2, -0.15) is 5.26 Å². The first-order valence-electron chi connectivity index (χ1n) is 10.9. The van der Waals surface area contributed by atoms with Gasteiger partial charge in [-0.1, -0.05) is 41.0 Å². The molecule has 0 spiro atoms. The summed E-state index contributed by atoms with van der Waals surface area (Å²) in [5.41, 5.74) is 3.64. The van der Waals surface area contributed by atoms with Crippen LogP contribution >= 0.6 is 11.6 Å². The van der Waals surface area contributed by atoms with Gasteiger partial charge in [0.25, 0.3) is 5.91 Å². The number of halogens is 1. The molecule has 0 aliphatic carbocycles. The van der Waals surface area contributed by atoms with Crippen molar-refractivity contribution in [3.63, 3.8) is 0 Å². The summed E-state index contributed by atoms with van der Waals surface area (Å²) >= 11 is 6.54. The number of hydrogen-bond donors (Lipinski definition) is 2. The van der Waals surface area contributed by atoms with Gasteiger partial charge in [0, 0.05) is 53.6 Å². The van der Waals surface area contributed by atoms with Crippen molar-refractivity contribution < 1.29 is 14.1 Å². The molecular weight excluding hydrogens is 440 g/mol. The molecule has 1 atom stereocenters. The number of nitrogens with zero attached hydrogens (tertiary/aromatic N) is 2. The van der Waals surface area contributed by atoms with Crippen LogP contribution in [0.2, 0.25) is 5.02 Å². The summed E-state index contributed by atoms with van der Waals surface area (Å²) in [6.07, 6.45) is 2.02. The predicted octanol–water partition coefficient (Wildman–Crippen LogP) is 4.57. The van der Waals surface area contributed by atoms with Crippen molar-refractivity contribution in [2.45, 2.75) is 38.4 Å². The van der Waals surface area contributed by atoms with Crippen molar-refractivity contribution in [2.24, 2.45) is 0 Å². The molecule has 170 valence electrons. The quantitative estimate of drug-likeness (QED) is 0.531. The molecule has 1 aliphatic heterocycles. The van der Waals surface area contributed by atoms with Crippen LogP contribution in [0.1, 0.15) is 35.7 Å². The number of aromatic nitrogens is 1. The molecule has 2 aromatic carbocycles. The highest BCUT2D eigenvalue weighted by molar-refractivity contribution is 6.31. The molecule has 1 aliphatic rings. The Morgan fingerprint density at radius 1 is 1.21 bits per heavy atom. The summed E-state index contributed by atoms with van der Waals surface area (Å²) in [6, 6.07) is 16.6. The fraction of sp³-hybridized carbons (Fsp3) is 0.320. The lowest BCUT2D eigenvalue weighted by atomic mass is 10.0. The van der Waals surface area contributed by atoms with Gasteiger partial charge >= 0.3 is 0 Å². The molecule has 0 bridgehead atoms. The molecule has 2 heterocycles. The van der Waals surface area contributed by atoms with Crippen molar-refractivity contribution in [1.29, 1.82) is 5.26 Å². The Labute approximate surface area is 197 Å². The number of rotatable bonds is 7. The van der Waals surface area contributed by atoms with E-state index in [0.717, 1.165) is 42.7 Å². The average molecular weight is 465 g/mol. The van der Waals surface area contributed by atoms with Gasteiger partial charge < -0.3 is 19.9 Å². The van der Waals surface area contributed by atoms with Crippen LogP contribution in [0.15, 0.2) is 53.1 Å². The second kappa shape index (κ2) is 10.6. The first-order chi connectivity index (χ1) is 16.0. The van der Waals surface area contributed by atoms with Crippen LogP contribution in [0.3, 0.4) is 0 Å². The highest BCUT2D eigenvalue weighted by atomic mass is 35.5. The number of carbonyl (C=O) groups excluding carboxylic acids is 1. The number of nitrogens with one attached hydrogen (secondary N) is 2. The Balaban J connectivity index is 1.46. The van der Waals surface area contributed by atoms with Crippen molar-refractivity contribution >= 4 is 17.5 Å². The van der Waals surface area contributed by atoms with E-state index in [4.69, 9.17) is 26.1 Å². The van der Waals surface area contributed by atoms with Gasteiger partial charge in [0.1, 0.15) is 11.7 Å². The highest BCUT2D eigenvalue weighted by Crippen LogP contribution is 2.29. The van der Waals surface area contributed by atoms with Gasteiger partial charge in [0.15, 0.2) is 5.76 Å². The molecule has 7 nitrogen and oxygen atoms in total. The van der Waals surface area contributed by atoms with Gasteiger partial charge in [-0.15, -0.1) is 0 Å². The molecule has 1 fully saturated rings. The predicted molar refractivity (Wildman–Crippen MR) is 126 cm³/mol. The summed E-state index contributed by atoms with van der Waals surface area (Å²) in [7, 11) is 0. The van der Waals surface area contributed by atoms with E-state index in [1.807, 2.05) is 36.4 Å². The van der Waals surface area contributed by atoms with E-state index in [0.29, 0.717) is 34.6 Å². The maximum atomic E-state index is 12.3. The zero-order chi connectivity index (χ0) is 23.2. The van der Waals surface area contributed by atoms with Gasteiger partial charge in [-0.25, -0.2) is 0 Å². The minimum atomic E-state index is -0.570. The molecule has 8 heteroatoms. The molecule has 33 heavy (non-hydrogen) atoms. The van der Waals surface area contributed by atoms with E-state index in [1.165, 1.54) is 0 Å². The number of ether oxygens (including phenoxy) is 1. The highest BCUT2D eigenvalue weighted by Gasteiger charge is 2.16. The van der Waals surface area contributed by atoms with Crippen molar-refractivity contribution in [1.82, 2.24) is 15.8 Å². The Bertz CT molecular complexity index is 1160. The van der Waals surface area contributed by atoms with E-state index in [1.54, 1.807) is 25.1 Å². The number of amides is 1. The monoisotopic (exact) mass is 464 g/mol. The minimum absolute atomic E-state index is 0.314. The van der Waals surface area contributed by atoms with Crippen molar-refractivity contribution in [2.75, 3.05) is 13.2 Å². The molecule has 4 rings (SSSR count). The van der Waals surface area contributed by atoms with Crippen LogP contribution in [-0.4, -0.2) is 36.4 Å². The second-order valence-corrected chi connectivity index (χ2v) is 8.46. The molecule has 0 radical (unpaired) electrons. The van der Waals surface area contributed by atoms with Gasteiger partial charge in [-0.05, 0) is 43.5 Å². The summed E-state index contributed by atoms with van der Waals surface area (Å²) < 4.78 is 11.0. The third kappa shape index (κ3) is 5.79. The zero-order valence-electron chi connectivity index (χ0n) is 18.3. The Hall–Kier alpha value is -3.18. The third-order valence-corrected chi connectivity index (χ3v) is 5.96. The Morgan fingerprint density at radius 2 is 2.03 bits per heavy atom. The average Bonchev–Trinajstić information content (AvgIpc) is 3.34. The molecule has 1 unspecified atom stereocenters. The molecule has 1 amide bonds. The lowest BCUT2D eigenvalue weighted by Gasteiger charge is -2.23. The summed E-state index contributed by atoms with van der Waals surface area (Å²) in [6.45, 7) is 3.92. The summed E-state index contributed by atoms with van der Waals surface area (Å²) in [5, 5.41) is 19.9. The lowest BCUT2D eigenvalue weighted by Crippen LogP contribution is -2.34. The lowest BCUT2D eigenvalue weighted by molar-refractivity contribution is 0.0776. The number of carbonyl (C=O) groups is 1. The largest absolute Gasteiger partial charge is 0.381 e. The maximum absolute atomic E-state index is 12.3. The van der Waals surface area contributed by atoms with E-state index in [9.17, 15) is 4.79 Å². The van der Waals surface area contributed by atoms with Crippen molar-refractivity contribution in [3.8, 4) is 28.7 Å². The van der Waals surface area contributed by atoms with Gasteiger partial charge in [-0.3, -0.25) is 4.79 Å². The van der Waals surface area contributed by atoms with Crippen LogP contribution in [0.25, 0.3) is 22.6 Å². The molecule has 3 aromatic rings. The fourth-order valence-corrected chi connectivity index (χ4v) is 3.93. The second-order valence-electron chi connectivity index (χ2n) is 8.06. The summed E-state index contributed by atoms with van der Waals surface area (Å²) in [4.78, 5) is 12.3. The minimum Gasteiger partial charge on any atom is -0.381 e. The first-order valence-corrected chi connectivity index (χ1v) is 11.3. The topological polar surface area (TPSA) is 100 Å². The smallest absolute Gasteiger partial charge is 0.252 e. The van der Waals surface area contributed by atoms with E-state index in [-0.39, 0.29) is 5.91 Å². The van der Waals surface area contributed by atoms with Crippen LogP contribution in [0, 0.1) is 11.3 Å². The fourth-order valence-electron chi connectivity index (χ4n) is 3.68. The van der Waals surface area contributed by atoms with Crippen LogP contribution in [-0.2, 0) is 11.3 Å². The standard InChI is InChI=1S/C25H25ClN4O3/c1-16(14-27)29-25(31)19-4-2-3-17(11-19)23-13-24(33-30-23)18-5-6-20(22(26)12-18)15-28-21-7-9-32-10-8-21/h2-6,11-13,16,21,28H,7-10,15H2,1H3,(H,29,31). The summed E-state index contributed by atoms with van der Waals surface area (Å²) in [5.74, 6) is 0.273. The Kier molecular flexibility index (Phi) is 7.40. The van der Waals surface area contributed by atoms with Crippen LogP contribution in [0.5, 0.6) is 0 Å². The molecule has 2 N–H and O–H groups in total. The van der Waals surface area contributed by atoms with Crippen LogP contribution in [0.4, 0.5) is 0 Å². The van der Waals surface area contributed by atoms with Crippen molar-refractivity contribution in [3.05, 3.63) is 64.7 Å². The molecule has 0 saturated carbocycles. The SMILES string of the molecule is CC(C#N)NC(=O)c1cccc(-c2cc(-c3ccc(CNC4CCOCC4)c(Cl)c3)on2)c1. The van der Waals surface area contributed by atoms with E-state index in [2.05, 4.69) is 15.8 Å². The first kappa shape index (κ1) is 23.0. The number of benzene rings is 2. The number of nitriles is 1. The van der Waals surface area contributed by atoms with E-state index < -0.39 is 6.04 Å². The van der Waals surface area contributed by atoms with E-state index >= 15 is 0 Å².